The number of aromatic nitrogens is 3. The Balaban J connectivity index is 1.10. The summed E-state index contributed by atoms with van der Waals surface area (Å²) in [5.74, 6) is 1.84. The van der Waals surface area contributed by atoms with Crippen LogP contribution in [0.1, 0.15) is 0 Å². The van der Waals surface area contributed by atoms with Crippen molar-refractivity contribution in [2.45, 2.75) is 0 Å². The largest absolute Gasteiger partial charge is 0.208 e. The SMILES string of the molecule is c1ccc(-c2ccc(-c3nc(-c4ccc(-c5ccccc5)cc4)nc(-c4cc(-c5cc6ccccc6c6ccccc56)cc(-c5cc6ccccc6c6ccccc56)c4)n3)cc2)cc1. The summed E-state index contributed by atoms with van der Waals surface area (Å²) < 4.78 is 0. The third kappa shape index (κ3) is 6.77. The van der Waals surface area contributed by atoms with E-state index < -0.39 is 0 Å². The first-order valence-corrected chi connectivity index (χ1v) is 21.8. The van der Waals surface area contributed by atoms with Crippen molar-refractivity contribution in [2.24, 2.45) is 0 Å². The van der Waals surface area contributed by atoms with Gasteiger partial charge in [-0.15, -0.1) is 0 Å². The lowest BCUT2D eigenvalue weighted by molar-refractivity contribution is 1.07. The Hall–Kier alpha value is -8.53. The highest BCUT2D eigenvalue weighted by atomic mass is 15.0. The van der Waals surface area contributed by atoms with E-state index in [1.165, 1.54) is 43.1 Å². The molecule has 1 aromatic heterocycles. The predicted octanol–water partition coefficient (Wildman–Crippen LogP) is 16.2. The molecule has 12 rings (SSSR count). The minimum atomic E-state index is 0.609. The molecule has 0 aliphatic carbocycles. The van der Waals surface area contributed by atoms with Gasteiger partial charge in [0.05, 0.1) is 0 Å². The molecule has 11 aromatic carbocycles. The number of fused-ring (bicyclic) bond motifs is 6. The number of hydrogen-bond acceptors (Lipinski definition) is 3. The van der Waals surface area contributed by atoms with E-state index in [1.54, 1.807) is 0 Å². The van der Waals surface area contributed by atoms with Gasteiger partial charge < -0.3 is 0 Å². The van der Waals surface area contributed by atoms with Gasteiger partial charge in [-0.1, -0.05) is 206 Å². The van der Waals surface area contributed by atoms with Crippen LogP contribution in [-0.4, -0.2) is 15.0 Å². The summed E-state index contributed by atoms with van der Waals surface area (Å²) in [5.41, 5.74) is 11.8. The van der Waals surface area contributed by atoms with E-state index in [2.05, 4.69) is 224 Å². The summed E-state index contributed by atoms with van der Waals surface area (Å²) in [5, 5.41) is 9.71. The highest BCUT2D eigenvalue weighted by molar-refractivity contribution is 6.16. The van der Waals surface area contributed by atoms with E-state index in [4.69, 9.17) is 15.0 Å². The van der Waals surface area contributed by atoms with E-state index in [1.807, 2.05) is 12.1 Å². The Morgan fingerprint density at radius 2 is 0.484 bits per heavy atom. The molecule has 3 heteroatoms. The summed E-state index contributed by atoms with van der Waals surface area (Å²) in [6.07, 6.45) is 0. The van der Waals surface area contributed by atoms with Gasteiger partial charge in [-0.05, 0) is 118 Å². The molecule has 0 atom stereocenters. The first-order chi connectivity index (χ1) is 31.7. The molecule has 1 heterocycles. The van der Waals surface area contributed by atoms with E-state index in [-0.39, 0.29) is 0 Å². The molecule has 0 unspecified atom stereocenters. The van der Waals surface area contributed by atoms with Crippen molar-refractivity contribution in [3.05, 3.63) is 237 Å². The van der Waals surface area contributed by atoms with Crippen molar-refractivity contribution in [1.82, 2.24) is 15.0 Å². The highest BCUT2D eigenvalue weighted by Crippen LogP contribution is 2.42. The fraction of sp³-hybridized carbons (Fsp3) is 0. The van der Waals surface area contributed by atoms with Crippen LogP contribution in [0.3, 0.4) is 0 Å². The summed E-state index contributed by atoms with van der Waals surface area (Å²) in [6.45, 7) is 0. The molecular formula is C61H39N3. The lowest BCUT2D eigenvalue weighted by Gasteiger charge is -2.16. The molecule has 64 heavy (non-hydrogen) atoms. The van der Waals surface area contributed by atoms with Gasteiger partial charge in [0, 0.05) is 16.7 Å². The molecule has 0 spiro atoms. The van der Waals surface area contributed by atoms with Crippen LogP contribution in [-0.2, 0) is 0 Å². The van der Waals surface area contributed by atoms with Crippen LogP contribution < -0.4 is 0 Å². The molecular weight excluding hydrogens is 775 g/mol. The van der Waals surface area contributed by atoms with E-state index >= 15 is 0 Å². The normalized spacial score (nSPS) is 11.4. The zero-order chi connectivity index (χ0) is 42.4. The molecule has 0 N–H and O–H groups in total. The molecule has 12 aromatic rings. The van der Waals surface area contributed by atoms with Crippen LogP contribution in [0.4, 0.5) is 0 Å². The topological polar surface area (TPSA) is 38.7 Å². The second-order valence-electron chi connectivity index (χ2n) is 16.4. The maximum absolute atomic E-state index is 5.34. The Labute approximate surface area is 371 Å². The average molecular weight is 814 g/mol. The monoisotopic (exact) mass is 813 g/mol. The minimum Gasteiger partial charge on any atom is -0.208 e. The van der Waals surface area contributed by atoms with Gasteiger partial charge in [-0.25, -0.2) is 15.0 Å². The maximum atomic E-state index is 5.34. The van der Waals surface area contributed by atoms with Crippen molar-refractivity contribution in [3.63, 3.8) is 0 Å². The third-order valence-electron chi connectivity index (χ3n) is 12.5. The van der Waals surface area contributed by atoms with Gasteiger partial charge in [-0.2, -0.15) is 0 Å². The van der Waals surface area contributed by atoms with Crippen molar-refractivity contribution in [2.75, 3.05) is 0 Å². The first-order valence-electron chi connectivity index (χ1n) is 21.8. The smallest absolute Gasteiger partial charge is 0.164 e. The minimum absolute atomic E-state index is 0.609. The number of rotatable bonds is 7. The number of benzene rings is 11. The van der Waals surface area contributed by atoms with Crippen LogP contribution >= 0.6 is 0 Å². The van der Waals surface area contributed by atoms with Crippen molar-refractivity contribution < 1.29 is 0 Å². The van der Waals surface area contributed by atoms with Gasteiger partial charge in [-0.3, -0.25) is 0 Å². The molecule has 0 aliphatic rings. The Morgan fingerprint density at radius 3 is 0.906 bits per heavy atom. The van der Waals surface area contributed by atoms with Gasteiger partial charge in [0.15, 0.2) is 17.5 Å². The summed E-state index contributed by atoms with van der Waals surface area (Å²) in [6, 6.07) is 84.4. The quantitative estimate of drug-likeness (QED) is 0.150. The Kier molecular flexibility index (Phi) is 9.16. The lowest BCUT2D eigenvalue weighted by atomic mass is 9.88. The second-order valence-corrected chi connectivity index (χ2v) is 16.4. The highest BCUT2D eigenvalue weighted by Gasteiger charge is 2.18. The van der Waals surface area contributed by atoms with E-state index in [0.29, 0.717) is 17.5 Å². The predicted molar refractivity (Wildman–Crippen MR) is 268 cm³/mol. The molecule has 3 nitrogen and oxygen atoms in total. The summed E-state index contributed by atoms with van der Waals surface area (Å²) >= 11 is 0. The molecule has 298 valence electrons. The molecule has 0 aliphatic heterocycles. The van der Waals surface area contributed by atoms with Crippen molar-refractivity contribution >= 4 is 43.1 Å². The van der Waals surface area contributed by atoms with Gasteiger partial charge >= 0.3 is 0 Å². The van der Waals surface area contributed by atoms with Crippen molar-refractivity contribution in [3.8, 4) is 78.7 Å². The first kappa shape index (κ1) is 37.2. The zero-order valence-electron chi connectivity index (χ0n) is 34.9. The number of hydrogen-bond donors (Lipinski definition) is 0. The van der Waals surface area contributed by atoms with Crippen LogP contribution in [0.25, 0.3) is 122 Å². The van der Waals surface area contributed by atoms with Gasteiger partial charge in [0.1, 0.15) is 0 Å². The maximum Gasteiger partial charge on any atom is 0.164 e. The van der Waals surface area contributed by atoms with Crippen LogP contribution in [0.5, 0.6) is 0 Å². The van der Waals surface area contributed by atoms with E-state index in [9.17, 15) is 0 Å². The molecule has 0 fully saturated rings. The Bertz CT molecular complexity index is 3450. The second kappa shape index (κ2) is 15.7. The summed E-state index contributed by atoms with van der Waals surface area (Å²) in [4.78, 5) is 15.9. The average Bonchev–Trinajstić information content (AvgIpc) is 3.38. The van der Waals surface area contributed by atoms with Crippen LogP contribution in [0.15, 0.2) is 237 Å². The van der Waals surface area contributed by atoms with Crippen LogP contribution in [0, 0.1) is 0 Å². The van der Waals surface area contributed by atoms with Gasteiger partial charge in [0.25, 0.3) is 0 Å². The molecule has 0 radical (unpaired) electrons. The fourth-order valence-corrected chi connectivity index (χ4v) is 9.30. The van der Waals surface area contributed by atoms with Crippen molar-refractivity contribution in [1.29, 1.82) is 0 Å². The fourth-order valence-electron chi connectivity index (χ4n) is 9.30. The molecule has 0 saturated carbocycles. The standard InChI is InChI=1S/C61H39N3/c1-3-15-40(16-4-1)42-27-31-44(32-28-42)59-62-60(45-33-29-43(30-34-45)41-17-5-2-6-18-41)64-61(63-59)50-36-48(57-38-46-19-7-9-21-51(46)53-23-11-13-25-55(53)57)35-49(37-50)58-39-47-20-8-10-22-52(47)54-24-12-14-26-56(54)58/h1-39H. The van der Waals surface area contributed by atoms with Crippen LogP contribution in [0.2, 0.25) is 0 Å². The molecule has 0 saturated heterocycles. The molecule has 0 bridgehead atoms. The zero-order valence-corrected chi connectivity index (χ0v) is 34.9. The lowest BCUT2D eigenvalue weighted by Crippen LogP contribution is -2.01. The number of nitrogens with zero attached hydrogens (tertiary/aromatic N) is 3. The summed E-state index contributed by atoms with van der Waals surface area (Å²) in [7, 11) is 0. The molecule has 0 amide bonds. The third-order valence-corrected chi connectivity index (χ3v) is 12.5. The van der Waals surface area contributed by atoms with Gasteiger partial charge in [0.2, 0.25) is 0 Å². The van der Waals surface area contributed by atoms with E-state index in [0.717, 1.165) is 61.2 Å². The Morgan fingerprint density at radius 1 is 0.188 bits per heavy atom.